The number of nitrogens with two attached hydrogens (primary N) is 1. The fourth-order valence-electron chi connectivity index (χ4n) is 4.08. The summed E-state index contributed by atoms with van der Waals surface area (Å²) >= 11 is 0. The van der Waals surface area contributed by atoms with Crippen LogP contribution in [0.25, 0.3) is 28.1 Å². The van der Waals surface area contributed by atoms with Gasteiger partial charge >= 0.3 is 0 Å². The lowest BCUT2D eigenvalue weighted by molar-refractivity contribution is 0.496. The Kier molecular flexibility index (Phi) is 6.38. The molecule has 0 saturated carbocycles. The Morgan fingerprint density at radius 2 is 1.92 bits per heavy atom. The molecule has 0 unspecified atom stereocenters. The fourth-order valence-corrected chi connectivity index (χ4v) is 4.08. The number of hydrogen-bond donors (Lipinski definition) is 2. The summed E-state index contributed by atoms with van der Waals surface area (Å²) in [5.41, 5.74) is 11.1. The average Bonchev–Trinajstić information content (AvgIpc) is 3.50. The molecule has 5 rings (SSSR count). The zero-order chi connectivity index (χ0) is 25.1. The molecule has 0 spiro atoms. The molecule has 10 heteroatoms. The third-order valence-corrected chi connectivity index (χ3v) is 5.66. The largest absolute Gasteiger partial charge is 0.382 e. The molecular formula is C26H26N10. The van der Waals surface area contributed by atoms with E-state index in [0.717, 1.165) is 23.1 Å². The Bertz CT molecular complexity index is 1530. The van der Waals surface area contributed by atoms with E-state index < -0.39 is 0 Å². The van der Waals surface area contributed by atoms with E-state index in [2.05, 4.69) is 62.7 Å². The monoisotopic (exact) mass is 478 g/mol. The van der Waals surface area contributed by atoms with Crippen molar-refractivity contribution in [3.05, 3.63) is 78.4 Å². The second kappa shape index (κ2) is 9.93. The summed E-state index contributed by atoms with van der Waals surface area (Å²) in [6.45, 7) is 4.69. The number of benzene rings is 1. The van der Waals surface area contributed by atoms with Crippen LogP contribution in [0.1, 0.15) is 25.0 Å². The van der Waals surface area contributed by atoms with E-state index in [1.54, 1.807) is 27.8 Å². The number of pyridine rings is 2. The highest BCUT2D eigenvalue weighted by Crippen LogP contribution is 2.29. The van der Waals surface area contributed by atoms with E-state index in [1.165, 1.54) is 11.8 Å². The third kappa shape index (κ3) is 4.92. The van der Waals surface area contributed by atoms with Gasteiger partial charge in [-0.1, -0.05) is 35.5 Å². The van der Waals surface area contributed by atoms with Crippen LogP contribution in [0.4, 0.5) is 5.69 Å². The number of anilines is 1. The van der Waals surface area contributed by atoms with Crippen LogP contribution in [0.3, 0.4) is 0 Å². The van der Waals surface area contributed by atoms with Crippen molar-refractivity contribution in [2.75, 3.05) is 5.32 Å². The lowest BCUT2D eigenvalue weighted by Gasteiger charge is -2.15. The molecule has 1 atom stereocenters. The molecule has 0 saturated heterocycles. The molecule has 0 aliphatic heterocycles. The van der Waals surface area contributed by atoms with Crippen LogP contribution < -0.4 is 11.1 Å². The maximum Gasteiger partial charge on any atom is 0.164 e. The van der Waals surface area contributed by atoms with Crippen molar-refractivity contribution in [1.82, 2.24) is 34.7 Å². The van der Waals surface area contributed by atoms with E-state index in [4.69, 9.17) is 11.0 Å². The minimum absolute atomic E-state index is 0.0853. The van der Waals surface area contributed by atoms with Crippen molar-refractivity contribution in [3.63, 3.8) is 0 Å². The van der Waals surface area contributed by atoms with Gasteiger partial charge in [-0.25, -0.2) is 9.97 Å². The first-order valence-corrected chi connectivity index (χ1v) is 11.7. The average molecular weight is 479 g/mol. The van der Waals surface area contributed by atoms with Crippen LogP contribution in [-0.4, -0.2) is 46.8 Å². The number of nitrogens with zero attached hydrogens (tertiary/aromatic N) is 8. The highest BCUT2D eigenvalue weighted by atomic mass is 15.4. The van der Waals surface area contributed by atoms with Crippen LogP contribution in [0, 0.1) is 11.3 Å². The third-order valence-electron chi connectivity index (χ3n) is 5.66. The number of rotatable bonds is 8. The molecule has 3 N–H and O–H groups in total. The van der Waals surface area contributed by atoms with Crippen molar-refractivity contribution < 1.29 is 0 Å². The van der Waals surface area contributed by atoms with E-state index in [9.17, 15) is 0 Å². The van der Waals surface area contributed by atoms with Crippen LogP contribution >= 0.6 is 0 Å². The number of nitriles is 1. The molecule has 0 bridgehead atoms. The zero-order valence-corrected chi connectivity index (χ0v) is 20.1. The number of aromatic nitrogens is 7. The van der Waals surface area contributed by atoms with Gasteiger partial charge in [0.15, 0.2) is 11.5 Å². The highest BCUT2D eigenvalue weighted by molar-refractivity contribution is 5.79. The fraction of sp³-hybridized carbons (Fsp3) is 0.231. The van der Waals surface area contributed by atoms with Crippen LogP contribution in [0.5, 0.6) is 0 Å². The number of nitrogens with one attached hydrogen (secondary N) is 1. The molecular weight excluding hydrogens is 452 g/mol. The summed E-state index contributed by atoms with van der Waals surface area (Å²) in [7, 11) is 0. The van der Waals surface area contributed by atoms with E-state index >= 15 is 0 Å². The highest BCUT2D eigenvalue weighted by Gasteiger charge is 2.16. The molecule has 5 aromatic rings. The van der Waals surface area contributed by atoms with Gasteiger partial charge in [-0.15, -0.1) is 5.10 Å². The van der Waals surface area contributed by atoms with Gasteiger partial charge < -0.3 is 11.1 Å². The maximum absolute atomic E-state index is 9.14. The van der Waals surface area contributed by atoms with Crippen LogP contribution in [-0.2, 0) is 13.0 Å². The normalized spacial score (nSPS) is 12.1. The van der Waals surface area contributed by atoms with Gasteiger partial charge in [-0.2, -0.15) is 15.0 Å². The van der Waals surface area contributed by atoms with Gasteiger partial charge in [0.05, 0.1) is 24.5 Å². The Labute approximate surface area is 208 Å². The smallest absolute Gasteiger partial charge is 0.164 e. The van der Waals surface area contributed by atoms with Crippen LogP contribution in [0.15, 0.2) is 67.3 Å². The second-order valence-electron chi connectivity index (χ2n) is 8.97. The minimum atomic E-state index is -0.0853. The number of hydrogen-bond acceptors (Lipinski definition) is 8. The van der Waals surface area contributed by atoms with E-state index in [1.807, 2.05) is 30.5 Å². The van der Waals surface area contributed by atoms with Gasteiger partial charge in [-0.3, -0.25) is 4.68 Å². The molecule has 1 aromatic carbocycles. The van der Waals surface area contributed by atoms with Gasteiger partial charge in [0.2, 0.25) is 0 Å². The molecule has 0 aliphatic rings. The molecule has 180 valence electrons. The molecule has 4 heterocycles. The second-order valence-corrected chi connectivity index (χ2v) is 8.97. The van der Waals surface area contributed by atoms with Crippen molar-refractivity contribution in [2.24, 2.45) is 5.73 Å². The van der Waals surface area contributed by atoms with Crippen molar-refractivity contribution in [1.29, 1.82) is 5.26 Å². The predicted molar refractivity (Wildman–Crippen MR) is 137 cm³/mol. The zero-order valence-electron chi connectivity index (χ0n) is 20.1. The topological polar surface area (TPSA) is 136 Å². The molecule has 0 radical (unpaired) electrons. The lowest BCUT2D eigenvalue weighted by atomic mass is 10.1. The van der Waals surface area contributed by atoms with Crippen molar-refractivity contribution in [3.8, 4) is 23.1 Å². The van der Waals surface area contributed by atoms with Gasteiger partial charge in [-0.05, 0) is 31.9 Å². The predicted octanol–water partition coefficient (Wildman–Crippen LogP) is 3.34. The summed E-state index contributed by atoms with van der Waals surface area (Å²) in [5.74, 6) is 0.603. The van der Waals surface area contributed by atoms with Crippen molar-refractivity contribution in [2.45, 2.75) is 38.9 Å². The Morgan fingerprint density at radius 1 is 1.08 bits per heavy atom. The SMILES string of the molecule is CC(C)Nc1cc(-n2ncc3cc(C#N)cnc32)ncc1-c1cn(C[C@H](N)Cc2ccccc2)nn1. The summed E-state index contributed by atoms with van der Waals surface area (Å²) in [6, 6.07) is 16.0. The first kappa shape index (κ1) is 23.1. The molecule has 36 heavy (non-hydrogen) atoms. The van der Waals surface area contributed by atoms with Gasteiger partial charge in [0.25, 0.3) is 0 Å². The quantitative estimate of drug-likeness (QED) is 0.347. The maximum atomic E-state index is 9.14. The Hall–Kier alpha value is -4.62. The number of fused-ring (bicyclic) bond motifs is 1. The molecule has 10 nitrogen and oxygen atoms in total. The van der Waals surface area contributed by atoms with Crippen molar-refractivity contribution >= 4 is 16.7 Å². The standard InChI is InChI=1S/C26H26N10/c1-17(2)32-23-10-25(36-26-20(13-31-36)8-19(11-27)12-30-26)29-14-22(23)24-16-35(34-33-24)15-21(28)9-18-6-4-3-5-7-18/h3-8,10,12-14,16-17,21H,9,15,28H2,1-2H3,(H,29,32)/t21-/m1/s1. The summed E-state index contributed by atoms with van der Waals surface area (Å²) in [4.78, 5) is 9.04. The Balaban J connectivity index is 1.42. The minimum Gasteiger partial charge on any atom is -0.382 e. The van der Waals surface area contributed by atoms with Crippen LogP contribution in [0.2, 0.25) is 0 Å². The van der Waals surface area contributed by atoms with Gasteiger partial charge in [0, 0.05) is 47.2 Å². The lowest BCUT2D eigenvalue weighted by Crippen LogP contribution is -2.28. The summed E-state index contributed by atoms with van der Waals surface area (Å²) < 4.78 is 3.43. The molecule has 0 amide bonds. The first-order valence-electron chi connectivity index (χ1n) is 11.7. The van der Waals surface area contributed by atoms with E-state index in [-0.39, 0.29) is 12.1 Å². The first-order chi connectivity index (χ1) is 17.5. The van der Waals surface area contributed by atoms with E-state index in [0.29, 0.717) is 29.3 Å². The Morgan fingerprint density at radius 3 is 2.69 bits per heavy atom. The summed E-state index contributed by atoms with van der Waals surface area (Å²) in [6.07, 6.45) is 7.62. The van der Waals surface area contributed by atoms with Gasteiger partial charge in [0.1, 0.15) is 11.8 Å². The summed E-state index contributed by atoms with van der Waals surface area (Å²) in [5, 5.41) is 26.5. The molecule has 4 aromatic heterocycles. The molecule has 0 fully saturated rings. The molecule has 0 aliphatic carbocycles.